The molecule has 0 radical (unpaired) electrons. The van der Waals surface area contributed by atoms with Gasteiger partial charge in [0, 0.05) is 12.8 Å². The van der Waals surface area contributed by atoms with Crippen LogP contribution in [0.4, 0.5) is 0 Å². The Balaban J connectivity index is 0.943. The molecular weight excluding hydrogens is 741 g/mol. The molecule has 0 aliphatic heterocycles. The largest absolute Gasteiger partial charge is 0.462 e. The predicted molar refractivity (Wildman–Crippen MR) is 267 cm³/mol. The van der Waals surface area contributed by atoms with Crippen molar-refractivity contribution in [1.82, 2.24) is 0 Å². The van der Waals surface area contributed by atoms with Gasteiger partial charge in [-0.2, -0.15) is 0 Å². The van der Waals surface area contributed by atoms with Crippen molar-refractivity contribution in [2.45, 2.75) is 247 Å². The molecule has 2 nitrogen and oxygen atoms in total. The highest BCUT2D eigenvalue weighted by Crippen LogP contribution is 2.67. The summed E-state index contributed by atoms with van der Waals surface area (Å²) in [5, 5.41) is 0. The maximum atomic E-state index is 12.9. The third kappa shape index (κ3) is 17.8. The van der Waals surface area contributed by atoms with E-state index in [4.69, 9.17) is 4.74 Å². The van der Waals surface area contributed by atoms with Gasteiger partial charge >= 0.3 is 5.97 Å². The van der Waals surface area contributed by atoms with E-state index < -0.39 is 0 Å². The average Bonchev–Trinajstić information content (AvgIpc) is 3.60. The minimum Gasteiger partial charge on any atom is -0.462 e. The van der Waals surface area contributed by atoms with E-state index in [1.165, 1.54) is 141 Å². The van der Waals surface area contributed by atoms with Gasteiger partial charge in [0.15, 0.2) is 0 Å². The van der Waals surface area contributed by atoms with E-state index >= 15 is 0 Å². The number of ether oxygens (including phenoxy) is 1. The summed E-state index contributed by atoms with van der Waals surface area (Å²) in [5.41, 5.74) is 2.52. The minimum absolute atomic E-state index is 0.0602. The first kappa shape index (κ1) is 51.5. The first-order valence-electron chi connectivity index (χ1n) is 26.8. The normalized spacial score (nSPS) is 28.4. The van der Waals surface area contributed by atoms with Gasteiger partial charge in [-0.15, -0.1) is 0 Å². The predicted octanol–water partition coefficient (Wildman–Crippen LogP) is 18.5. The Morgan fingerprint density at radius 2 is 1.20 bits per heavy atom. The Morgan fingerprint density at radius 1 is 0.639 bits per heavy atom. The quantitative estimate of drug-likeness (QED) is 0.0395. The Morgan fingerprint density at radius 3 is 1.79 bits per heavy atom. The number of rotatable bonds is 31. The Labute approximate surface area is 379 Å². The lowest BCUT2D eigenvalue weighted by molar-refractivity contribution is -0.151. The van der Waals surface area contributed by atoms with Gasteiger partial charge in [0.05, 0.1) is 0 Å². The van der Waals surface area contributed by atoms with Gasteiger partial charge in [-0.1, -0.05) is 204 Å². The first-order valence-corrected chi connectivity index (χ1v) is 26.8. The van der Waals surface area contributed by atoms with Crippen molar-refractivity contribution in [2.75, 3.05) is 0 Å². The molecule has 0 aromatic heterocycles. The summed E-state index contributed by atoms with van der Waals surface area (Å²) in [5.74, 6) is 5.30. The second-order valence-corrected chi connectivity index (χ2v) is 21.5. The third-order valence-electron chi connectivity index (χ3n) is 16.5. The maximum absolute atomic E-state index is 12.9. The fourth-order valence-corrected chi connectivity index (χ4v) is 12.8. The van der Waals surface area contributed by atoms with Crippen LogP contribution in [0.15, 0.2) is 72.4 Å². The van der Waals surface area contributed by atoms with Gasteiger partial charge in [-0.05, 0) is 143 Å². The van der Waals surface area contributed by atoms with Crippen molar-refractivity contribution in [2.24, 2.45) is 46.3 Å². The van der Waals surface area contributed by atoms with Crippen LogP contribution in [-0.2, 0) is 9.53 Å². The number of hydrogen-bond acceptors (Lipinski definition) is 2. The molecule has 4 aliphatic carbocycles. The summed E-state index contributed by atoms with van der Waals surface area (Å²) in [4.78, 5) is 12.9. The van der Waals surface area contributed by atoms with Gasteiger partial charge in [0.25, 0.3) is 0 Å². The molecule has 4 aliphatic rings. The summed E-state index contributed by atoms with van der Waals surface area (Å²) >= 11 is 0. The lowest BCUT2D eigenvalue weighted by Crippen LogP contribution is -2.51. The highest BCUT2D eigenvalue weighted by molar-refractivity contribution is 5.69. The summed E-state index contributed by atoms with van der Waals surface area (Å²) < 4.78 is 6.17. The number of carbonyl (C=O) groups is 1. The first-order chi connectivity index (χ1) is 29.7. The van der Waals surface area contributed by atoms with Crippen LogP contribution in [0.5, 0.6) is 0 Å². The lowest BCUT2D eigenvalue weighted by atomic mass is 9.47. The van der Waals surface area contributed by atoms with Crippen LogP contribution in [0.3, 0.4) is 0 Å². The molecule has 0 aromatic rings. The highest BCUT2D eigenvalue weighted by atomic mass is 16.5. The molecule has 0 saturated heterocycles. The smallest absolute Gasteiger partial charge is 0.306 e. The molecule has 3 saturated carbocycles. The molecule has 0 N–H and O–H groups in total. The second kappa shape index (κ2) is 29.4. The fraction of sp³-hybridized carbons (Fsp3) is 0.780. The van der Waals surface area contributed by atoms with Gasteiger partial charge < -0.3 is 4.74 Å². The highest BCUT2D eigenvalue weighted by Gasteiger charge is 2.59. The number of esters is 1. The Kier molecular flexibility index (Phi) is 24.8. The van der Waals surface area contributed by atoms with Crippen LogP contribution >= 0.6 is 0 Å². The van der Waals surface area contributed by atoms with Crippen molar-refractivity contribution in [3.05, 3.63) is 72.4 Å². The van der Waals surface area contributed by atoms with Crippen LogP contribution in [0.1, 0.15) is 241 Å². The van der Waals surface area contributed by atoms with Gasteiger partial charge in [-0.3, -0.25) is 4.79 Å². The zero-order valence-corrected chi connectivity index (χ0v) is 41.1. The van der Waals surface area contributed by atoms with E-state index in [0.29, 0.717) is 17.3 Å². The molecule has 0 aromatic carbocycles. The second-order valence-electron chi connectivity index (χ2n) is 21.5. The topological polar surface area (TPSA) is 26.3 Å². The van der Waals surface area contributed by atoms with Crippen molar-refractivity contribution < 1.29 is 9.53 Å². The van der Waals surface area contributed by atoms with Crippen LogP contribution in [0.25, 0.3) is 0 Å². The zero-order chi connectivity index (χ0) is 43.6. The molecule has 8 atom stereocenters. The molecule has 0 spiro atoms. The van der Waals surface area contributed by atoms with Crippen LogP contribution in [0.2, 0.25) is 0 Å². The number of carbonyl (C=O) groups excluding carboxylic acids is 1. The fourth-order valence-electron chi connectivity index (χ4n) is 12.8. The van der Waals surface area contributed by atoms with Crippen LogP contribution in [-0.4, -0.2) is 12.1 Å². The number of hydrogen-bond donors (Lipinski definition) is 0. The molecular formula is C59H98O2. The van der Waals surface area contributed by atoms with Crippen molar-refractivity contribution in [1.29, 1.82) is 0 Å². The zero-order valence-electron chi connectivity index (χ0n) is 41.1. The van der Waals surface area contributed by atoms with E-state index in [9.17, 15) is 4.79 Å². The van der Waals surface area contributed by atoms with E-state index in [0.717, 1.165) is 86.9 Å². The number of allylic oxidation sites excluding steroid dienone is 11. The number of unbranched alkanes of at least 4 members (excludes halogenated alkanes) is 13. The summed E-state index contributed by atoms with van der Waals surface area (Å²) in [6.07, 6.45) is 64.4. The SMILES string of the molecule is CC/C=C\C/C=C\C/C=C\C/C=C\C/C=C\CCCCCCCCCCCCCCCC(=O)OC1CCC2(C)C(=CCC3C2CCC2(C)C(C(C)CCCC(C)C)CCC32)C1. The van der Waals surface area contributed by atoms with Crippen LogP contribution in [0, 0.1) is 46.3 Å². The lowest BCUT2D eigenvalue weighted by Gasteiger charge is -2.58. The van der Waals surface area contributed by atoms with E-state index in [-0.39, 0.29) is 12.1 Å². The van der Waals surface area contributed by atoms with Gasteiger partial charge in [0.1, 0.15) is 6.10 Å². The molecule has 0 bridgehead atoms. The molecule has 8 unspecified atom stereocenters. The summed E-state index contributed by atoms with van der Waals surface area (Å²) in [6, 6.07) is 0. The van der Waals surface area contributed by atoms with E-state index in [1.807, 2.05) is 0 Å². The van der Waals surface area contributed by atoms with Crippen molar-refractivity contribution >= 4 is 5.97 Å². The molecule has 3 fully saturated rings. The third-order valence-corrected chi connectivity index (χ3v) is 16.5. The molecule has 0 heterocycles. The average molecular weight is 839 g/mol. The molecule has 0 amide bonds. The van der Waals surface area contributed by atoms with Gasteiger partial charge in [0.2, 0.25) is 0 Å². The summed E-state index contributed by atoms with van der Waals surface area (Å²) in [6.45, 7) is 14.8. The van der Waals surface area contributed by atoms with Crippen molar-refractivity contribution in [3.8, 4) is 0 Å². The van der Waals surface area contributed by atoms with Gasteiger partial charge in [-0.25, -0.2) is 0 Å². The Bertz CT molecular complexity index is 1370. The number of fused-ring (bicyclic) bond motifs is 5. The Hall–Kier alpha value is -2.09. The molecule has 346 valence electrons. The standard InChI is InChI=1S/C59H98O2/c1-7-8-9-10-11-12-13-14-15-16-17-18-19-20-21-22-23-24-25-26-27-28-29-30-31-32-33-34-35-39-57(60)61-52-44-46-58(5)51(48-52)40-41-53-55-43-42-54(50(4)38-36-37-49(2)3)59(55,6)47-45-56(53)58/h8-9,11-12,14-15,17-18,20-21,40,49-50,52-56H,7,10,13,16,19,22-39,41-48H2,1-6H3/b9-8-,12-11-,15-14-,18-17-,21-20-. The minimum atomic E-state index is 0.0602. The molecule has 4 rings (SSSR count). The van der Waals surface area contributed by atoms with Crippen molar-refractivity contribution in [3.63, 3.8) is 0 Å². The van der Waals surface area contributed by atoms with E-state index in [2.05, 4.69) is 108 Å². The monoisotopic (exact) mass is 839 g/mol. The van der Waals surface area contributed by atoms with Crippen LogP contribution < -0.4 is 0 Å². The molecule has 61 heavy (non-hydrogen) atoms. The molecule has 2 heteroatoms. The van der Waals surface area contributed by atoms with E-state index in [1.54, 1.807) is 5.57 Å². The maximum Gasteiger partial charge on any atom is 0.306 e. The summed E-state index contributed by atoms with van der Waals surface area (Å²) in [7, 11) is 0.